The summed E-state index contributed by atoms with van der Waals surface area (Å²) in [4.78, 5) is 21.5. The van der Waals surface area contributed by atoms with Crippen LogP contribution < -0.4 is 4.90 Å². The topological polar surface area (TPSA) is 36.4 Å². The summed E-state index contributed by atoms with van der Waals surface area (Å²) in [5, 5.41) is 2.96. The number of thiazole rings is 1. The van der Waals surface area contributed by atoms with Gasteiger partial charge in [0.2, 0.25) is 5.91 Å². The first-order valence-corrected chi connectivity index (χ1v) is 9.07. The molecule has 0 spiro atoms. The second-order valence-corrected chi connectivity index (χ2v) is 7.43. The fraction of sp³-hybridized carbons (Fsp3) is 0.444. The Hall–Kier alpha value is -1.95. The van der Waals surface area contributed by atoms with Crippen LogP contribution in [0.4, 0.5) is 9.52 Å². The van der Waals surface area contributed by atoms with Crippen molar-refractivity contribution in [3.05, 3.63) is 47.2 Å². The molecule has 0 unspecified atom stereocenters. The molecule has 4 nitrogen and oxygen atoms in total. The Morgan fingerprint density at radius 2 is 2.00 bits per heavy atom. The standard InChI is InChI=1S/C18H22FN3OS/c1-18(2,14-6-3-4-7-15(14)19)16(23)21-9-5-10-22(12-11-21)17-20-8-13-24-17/h3-4,6-8,13H,5,9-12H2,1-2H3. The number of halogens is 1. The summed E-state index contributed by atoms with van der Waals surface area (Å²) in [6.07, 6.45) is 2.69. The highest BCUT2D eigenvalue weighted by Crippen LogP contribution is 2.29. The number of amides is 1. The predicted octanol–water partition coefficient (Wildman–Crippen LogP) is 3.30. The van der Waals surface area contributed by atoms with Gasteiger partial charge in [0, 0.05) is 43.3 Å². The minimum atomic E-state index is -0.873. The number of anilines is 1. The third-order valence-corrected chi connectivity index (χ3v) is 5.39. The van der Waals surface area contributed by atoms with Gasteiger partial charge in [0.25, 0.3) is 0 Å². The van der Waals surface area contributed by atoms with Crippen molar-refractivity contribution in [3.63, 3.8) is 0 Å². The number of benzene rings is 1. The molecule has 3 rings (SSSR count). The molecule has 0 saturated carbocycles. The molecular formula is C18H22FN3OS. The van der Waals surface area contributed by atoms with Gasteiger partial charge in [-0.05, 0) is 26.3 Å². The second kappa shape index (κ2) is 6.89. The maximum atomic E-state index is 14.2. The van der Waals surface area contributed by atoms with Crippen molar-refractivity contribution in [1.29, 1.82) is 0 Å². The van der Waals surface area contributed by atoms with Gasteiger partial charge in [-0.2, -0.15) is 0 Å². The Bertz CT molecular complexity index is 702. The van der Waals surface area contributed by atoms with Crippen LogP contribution in [0.2, 0.25) is 0 Å². The highest BCUT2D eigenvalue weighted by atomic mass is 32.1. The largest absolute Gasteiger partial charge is 0.346 e. The molecule has 1 aromatic heterocycles. The van der Waals surface area contributed by atoms with Crippen LogP contribution in [0, 0.1) is 5.82 Å². The Labute approximate surface area is 145 Å². The van der Waals surface area contributed by atoms with E-state index in [1.54, 1.807) is 49.6 Å². The third kappa shape index (κ3) is 3.29. The van der Waals surface area contributed by atoms with Gasteiger partial charge >= 0.3 is 0 Å². The molecule has 24 heavy (non-hydrogen) atoms. The molecule has 1 aliphatic heterocycles. The molecule has 0 atom stereocenters. The maximum absolute atomic E-state index is 14.2. The monoisotopic (exact) mass is 347 g/mol. The van der Waals surface area contributed by atoms with Crippen molar-refractivity contribution in [3.8, 4) is 0 Å². The van der Waals surface area contributed by atoms with Crippen LogP contribution in [-0.4, -0.2) is 42.0 Å². The summed E-state index contributed by atoms with van der Waals surface area (Å²) in [7, 11) is 0. The van der Waals surface area contributed by atoms with E-state index >= 15 is 0 Å². The fourth-order valence-corrected chi connectivity index (χ4v) is 3.86. The van der Waals surface area contributed by atoms with Crippen LogP contribution in [0.15, 0.2) is 35.8 Å². The molecule has 2 aromatic rings. The molecule has 1 amide bonds. The molecule has 1 aromatic carbocycles. The van der Waals surface area contributed by atoms with E-state index in [1.165, 1.54) is 6.07 Å². The van der Waals surface area contributed by atoms with E-state index in [1.807, 2.05) is 10.3 Å². The first-order valence-electron chi connectivity index (χ1n) is 8.19. The van der Waals surface area contributed by atoms with Crippen LogP contribution in [-0.2, 0) is 10.2 Å². The van der Waals surface area contributed by atoms with Crippen molar-refractivity contribution >= 4 is 22.4 Å². The Kier molecular flexibility index (Phi) is 4.85. The molecule has 0 bridgehead atoms. The zero-order valence-corrected chi connectivity index (χ0v) is 14.9. The molecular weight excluding hydrogens is 325 g/mol. The van der Waals surface area contributed by atoms with E-state index in [-0.39, 0.29) is 11.7 Å². The van der Waals surface area contributed by atoms with Gasteiger partial charge in [0.05, 0.1) is 5.41 Å². The van der Waals surface area contributed by atoms with E-state index in [4.69, 9.17) is 0 Å². The lowest BCUT2D eigenvalue weighted by molar-refractivity contribution is -0.136. The van der Waals surface area contributed by atoms with Crippen molar-refractivity contribution in [1.82, 2.24) is 9.88 Å². The summed E-state index contributed by atoms with van der Waals surface area (Å²) in [6, 6.07) is 6.54. The Morgan fingerprint density at radius 3 is 2.71 bits per heavy atom. The second-order valence-electron chi connectivity index (χ2n) is 6.55. The summed E-state index contributed by atoms with van der Waals surface area (Å²) >= 11 is 1.61. The molecule has 1 fully saturated rings. The quantitative estimate of drug-likeness (QED) is 0.855. The first kappa shape index (κ1) is 16.9. The summed E-state index contributed by atoms with van der Waals surface area (Å²) in [6.45, 7) is 6.58. The zero-order chi connectivity index (χ0) is 17.2. The lowest BCUT2D eigenvalue weighted by atomic mass is 9.82. The SMILES string of the molecule is CC(C)(C(=O)N1CCCN(c2nccs2)CC1)c1ccccc1F. The Balaban J connectivity index is 1.74. The molecule has 2 heterocycles. The highest BCUT2D eigenvalue weighted by molar-refractivity contribution is 7.13. The van der Waals surface area contributed by atoms with Crippen LogP contribution in [0.5, 0.6) is 0 Å². The van der Waals surface area contributed by atoms with Crippen molar-refractivity contribution in [2.45, 2.75) is 25.7 Å². The van der Waals surface area contributed by atoms with Crippen molar-refractivity contribution in [2.24, 2.45) is 0 Å². The average Bonchev–Trinajstić information content (AvgIpc) is 2.99. The van der Waals surface area contributed by atoms with E-state index in [0.717, 1.165) is 24.6 Å². The minimum Gasteiger partial charge on any atom is -0.346 e. The number of carbonyl (C=O) groups excluding carboxylic acids is 1. The normalized spacial score (nSPS) is 16.1. The van der Waals surface area contributed by atoms with Gasteiger partial charge < -0.3 is 9.80 Å². The van der Waals surface area contributed by atoms with Gasteiger partial charge in [-0.1, -0.05) is 18.2 Å². The number of carbonyl (C=O) groups is 1. The summed E-state index contributed by atoms with van der Waals surface area (Å²) < 4.78 is 14.2. The molecule has 0 radical (unpaired) electrons. The van der Waals surface area contributed by atoms with Crippen LogP contribution in [0.3, 0.4) is 0 Å². The number of aromatic nitrogens is 1. The maximum Gasteiger partial charge on any atom is 0.232 e. The van der Waals surface area contributed by atoms with Gasteiger partial charge in [-0.25, -0.2) is 9.37 Å². The van der Waals surface area contributed by atoms with E-state index in [0.29, 0.717) is 18.7 Å². The molecule has 0 N–H and O–H groups in total. The predicted molar refractivity (Wildman–Crippen MR) is 95.0 cm³/mol. The first-order chi connectivity index (χ1) is 11.5. The third-order valence-electron chi connectivity index (χ3n) is 4.55. The molecule has 0 aliphatic carbocycles. The summed E-state index contributed by atoms with van der Waals surface area (Å²) in [5.41, 5.74) is -0.419. The van der Waals surface area contributed by atoms with E-state index in [9.17, 15) is 9.18 Å². The molecule has 1 saturated heterocycles. The molecule has 1 aliphatic rings. The van der Waals surface area contributed by atoms with Crippen molar-refractivity contribution < 1.29 is 9.18 Å². The number of hydrogen-bond donors (Lipinski definition) is 0. The lowest BCUT2D eigenvalue weighted by Gasteiger charge is -2.32. The van der Waals surface area contributed by atoms with E-state index in [2.05, 4.69) is 9.88 Å². The zero-order valence-electron chi connectivity index (χ0n) is 14.0. The van der Waals surface area contributed by atoms with E-state index < -0.39 is 5.41 Å². The highest BCUT2D eigenvalue weighted by Gasteiger charge is 2.36. The molecule has 128 valence electrons. The number of rotatable bonds is 3. The van der Waals surface area contributed by atoms with Gasteiger partial charge in [0.15, 0.2) is 5.13 Å². The fourth-order valence-electron chi connectivity index (χ4n) is 3.16. The Morgan fingerprint density at radius 1 is 1.21 bits per heavy atom. The van der Waals surface area contributed by atoms with Crippen LogP contribution in [0.25, 0.3) is 0 Å². The minimum absolute atomic E-state index is 0.0198. The van der Waals surface area contributed by atoms with Gasteiger partial charge in [-0.3, -0.25) is 4.79 Å². The average molecular weight is 347 g/mol. The van der Waals surface area contributed by atoms with Gasteiger partial charge in [-0.15, -0.1) is 11.3 Å². The van der Waals surface area contributed by atoms with Crippen LogP contribution in [0.1, 0.15) is 25.8 Å². The lowest BCUT2D eigenvalue weighted by Crippen LogP contribution is -2.45. The van der Waals surface area contributed by atoms with Crippen LogP contribution >= 0.6 is 11.3 Å². The summed E-state index contributed by atoms with van der Waals surface area (Å²) in [5.74, 6) is -0.344. The molecule has 6 heteroatoms. The van der Waals surface area contributed by atoms with Crippen molar-refractivity contribution in [2.75, 3.05) is 31.1 Å². The smallest absolute Gasteiger partial charge is 0.232 e. The van der Waals surface area contributed by atoms with Gasteiger partial charge in [0.1, 0.15) is 5.82 Å². The number of nitrogens with zero attached hydrogens (tertiary/aromatic N) is 3. The number of hydrogen-bond acceptors (Lipinski definition) is 4.